The molecule has 2 rings (SSSR count). The Kier molecular flexibility index (Phi) is 3.16. The van der Waals surface area contributed by atoms with Crippen LogP contribution in [0.3, 0.4) is 0 Å². The molecule has 1 nitrogen and oxygen atoms in total. The Balaban J connectivity index is 2.42. The van der Waals surface area contributed by atoms with Gasteiger partial charge in [-0.15, -0.1) is 0 Å². The molecule has 0 saturated carbocycles. The zero-order valence-electron chi connectivity index (χ0n) is 7.84. The lowest BCUT2D eigenvalue weighted by Gasteiger charge is -2.00. The fourth-order valence-corrected chi connectivity index (χ4v) is 2.69. The van der Waals surface area contributed by atoms with Gasteiger partial charge >= 0.3 is 0 Å². The summed E-state index contributed by atoms with van der Waals surface area (Å²) in [6.45, 7) is 0. The Labute approximate surface area is 103 Å². The van der Waals surface area contributed by atoms with Crippen LogP contribution in [0.15, 0.2) is 33.4 Å². The van der Waals surface area contributed by atoms with E-state index in [1.165, 1.54) is 17.4 Å². The molecule has 82 valence electrons. The molecule has 0 atom stereocenters. The Morgan fingerprint density at radius 3 is 2.50 bits per heavy atom. The van der Waals surface area contributed by atoms with Crippen molar-refractivity contribution < 1.29 is 13.6 Å². The molecule has 0 unspecified atom stereocenters. The number of benzene rings is 1. The first-order chi connectivity index (χ1) is 7.59. The van der Waals surface area contributed by atoms with Crippen LogP contribution in [0.25, 0.3) is 0 Å². The fourth-order valence-electron chi connectivity index (χ4n) is 1.24. The Hall–Kier alpha value is -1.07. The van der Waals surface area contributed by atoms with E-state index in [1.807, 2.05) is 0 Å². The second-order valence-electron chi connectivity index (χ2n) is 3.09. The van der Waals surface area contributed by atoms with Crippen molar-refractivity contribution in [1.82, 2.24) is 0 Å². The van der Waals surface area contributed by atoms with Crippen LogP contribution in [0.4, 0.5) is 8.78 Å². The molecule has 1 heterocycles. The quantitative estimate of drug-likeness (QED) is 0.766. The minimum atomic E-state index is -1.02. The average molecular weight is 303 g/mol. The number of hydrogen-bond donors (Lipinski definition) is 0. The minimum Gasteiger partial charge on any atom is -0.289 e. The third kappa shape index (κ3) is 2.05. The van der Waals surface area contributed by atoms with Gasteiger partial charge in [-0.2, -0.15) is 11.3 Å². The van der Waals surface area contributed by atoms with Gasteiger partial charge in [0.1, 0.15) is 0 Å². The maximum atomic E-state index is 12.9. The van der Waals surface area contributed by atoms with Gasteiger partial charge in [-0.1, -0.05) is 0 Å². The molecule has 1 aromatic heterocycles. The second kappa shape index (κ2) is 4.43. The van der Waals surface area contributed by atoms with Gasteiger partial charge in [-0.25, -0.2) is 8.78 Å². The third-order valence-electron chi connectivity index (χ3n) is 2.04. The number of halogens is 3. The molecule has 0 spiro atoms. The van der Waals surface area contributed by atoms with Crippen molar-refractivity contribution in [3.8, 4) is 0 Å². The summed E-state index contributed by atoms with van der Waals surface area (Å²) in [4.78, 5) is 11.9. The zero-order chi connectivity index (χ0) is 11.7. The molecule has 0 bridgehead atoms. The number of carbonyl (C=O) groups excluding carboxylic acids is 1. The normalized spacial score (nSPS) is 10.4. The van der Waals surface area contributed by atoms with Gasteiger partial charge < -0.3 is 0 Å². The van der Waals surface area contributed by atoms with E-state index in [9.17, 15) is 13.6 Å². The van der Waals surface area contributed by atoms with Crippen LogP contribution in [0.2, 0.25) is 0 Å². The first-order valence-electron chi connectivity index (χ1n) is 4.31. The van der Waals surface area contributed by atoms with Gasteiger partial charge in [-0.05, 0) is 34.1 Å². The van der Waals surface area contributed by atoms with Crippen LogP contribution in [0, 0.1) is 11.6 Å². The summed E-state index contributed by atoms with van der Waals surface area (Å²) in [5, 5.41) is 3.42. The predicted molar refractivity (Wildman–Crippen MR) is 61.8 cm³/mol. The third-order valence-corrected chi connectivity index (χ3v) is 3.74. The highest BCUT2D eigenvalue weighted by molar-refractivity contribution is 9.10. The summed E-state index contributed by atoms with van der Waals surface area (Å²) in [7, 11) is 0. The topological polar surface area (TPSA) is 17.1 Å². The van der Waals surface area contributed by atoms with Gasteiger partial charge in [0, 0.05) is 26.4 Å². The van der Waals surface area contributed by atoms with Gasteiger partial charge in [0.05, 0.1) is 0 Å². The second-order valence-corrected chi connectivity index (χ2v) is 4.69. The summed E-state index contributed by atoms with van der Waals surface area (Å²) >= 11 is 4.58. The average Bonchev–Trinajstić information content (AvgIpc) is 2.67. The van der Waals surface area contributed by atoms with Crippen molar-refractivity contribution in [3.63, 3.8) is 0 Å². The molecule has 0 aliphatic carbocycles. The first-order valence-corrected chi connectivity index (χ1v) is 6.04. The summed E-state index contributed by atoms with van der Waals surface area (Å²) < 4.78 is 26.3. The molecule has 0 radical (unpaired) electrons. The molecule has 16 heavy (non-hydrogen) atoms. The Bertz CT molecular complexity index is 551. The summed E-state index contributed by atoms with van der Waals surface area (Å²) in [5.74, 6) is -2.30. The SMILES string of the molecule is O=C(c1ccc(F)c(F)c1)c1cscc1Br. The number of rotatable bonds is 2. The van der Waals surface area contributed by atoms with Gasteiger partial charge in [0.2, 0.25) is 0 Å². The molecule has 2 aromatic rings. The lowest BCUT2D eigenvalue weighted by molar-refractivity contribution is 0.103. The molecule has 0 aliphatic heterocycles. The van der Waals surface area contributed by atoms with Crippen LogP contribution >= 0.6 is 27.3 Å². The number of carbonyl (C=O) groups is 1. The van der Waals surface area contributed by atoms with Crippen molar-refractivity contribution >= 4 is 33.0 Å². The van der Waals surface area contributed by atoms with E-state index in [0.717, 1.165) is 12.1 Å². The smallest absolute Gasteiger partial charge is 0.195 e. The summed E-state index contributed by atoms with van der Waals surface area (Å²) in [6.07, 6.45) is 0. The zero-order valence-corrected chi connectivity index (χ0v) is 10.2. The van der Waals surface area contributed by atoms with E-state index in [-0.39, 0.29) is 11.3 Å². The monoisotopic (exact) mass is 302 g/mol. The number of thiophene rings is 1. The van der Waals surface area contributed by atoms with Crippen LogP contribution in [0.1, 0.15) is 15.9 Å². The van der Waals surface area contributed by atoms with Crippen molar-refractivity contribution in [2.24, 2.45) is 0 Å². The van der Waals surface area contributed by atoms with E-state index < -0.39 is 11.6 Å². The lowest BCUT2D eigenvalue weighted by atomic mass is 10.1. The highest BCUT2D eigenvalue weighted by Crippen LogP contribution is 2.24. The molecule has 0 fully saturated rings. The van der Waals surface area contributed by atoms with E-state index in [2.05, 4.69) is 15.9 Å². The van der Waals surface area contributed by atoms with Crippen molar-refractivity contribution in [2.45, 2.75) is 0 Å². The molecule has 1 aromatic carbocycles. The van der Waals surface area contributed by atoms with Gasteiger partial charge in [0.15, 0.2) is 17.4 Å². The Morgan fingerprint density at radius 2 is 1.94 bits per heavy atom. The molecule has 0 amide bonds. The van der Waals surface area contributed by atoms with Crippen LogP contribution < -0.4 is 0 Å². The van der Waals surface area contributed by atoms with Crippen molar-refractivity contribution in [3.05, 3.63) is 56.2 Å². The largest absolute Gasteiger partial charge is 0.289 e. The van der Waals surface area contributed by atoms with Crippen LogP contribution in [-0.4, -0.2) is 5.78 Å². The van der Waals surface area contributed by atoms with Crippen LogP contribution in [-0.2, 0) is 0 Å². The van der Waals surface area contributed by atoms with Crippen molar-refractivity contribution in [2.75, 3.05) is 0 Å². The fraction of sp³-hybridized carbons (Fsp3) is 0. The molecule has 0 aliphatic rings. The lowest BCUT2D eigenvalue weighted by Crippen LogP contribution is -2.01. The van der Waals surface area contributed by atoms with E-state index >= 15 is 0 Å². The number of hydrogen-bond acceptors (Lipinski definition) is 2. The molecule has 0 saturated heterocycles. The van der Waals surface area contributed by atoms with Gasteiger partial charge in [0.25, 0.3) is 0 Å². The minimum absolute atomic E-state index is 0.137. The first kappa shape index (κ1) is 11.4. The van der Waals surface area contributed by atoms with E-state index in [4.69, 9.17) is 0 Å². The molecule has 5 heteroatoms. The van der Waals surface area contributed by atoms with E-state index in [1.54, 1.807) is 10.8 Å². The standard InChI is InChI=1S/C11H5BrF2OS/c12-8-5-16-4-7(8)11(15)6-1-2-9(13)10(14)3-6/h1-5H. The predicted octanol–water partition coefficient (Wildman–Crippen LogP) is 4.02. The number of ketones is 1. The molecular formula is C11H5BrF2OS. The van der Waals surface area contributed by atoms with E-state index in [0.29, 0.717) is 10.0 Å². The van der Waals surface area contributed by atoms with Crippen LogP contribution in [0.5, 0.6) is 0 Å². The summed E-state index contributed by atoms with van der Waals surface area (Å²) in [6, 6.07) is 3.12. The summed E-state index contributed by atoms with van der Waals surface area (Å²) in [5.41, 5.74) is 0.592. The highest BCUT2D eigenvalue weighted by atomic mass is 79.9. The maximum absolute atomic E-state index is 12.9. The highest BCUT2D eigenvalue weighted by Gasteiger charge is 2.15. The maximum Gasteiger partial charge on any atom is 0.195 e. The molecule has 0 N–H and O–H groups in total. The van der Waals surface area contributed by atoms with Crippen molar-refractivity contribution in [1.29, 1.82) is 0 Å². The Morgan fingerprint density at radius 1 is 1.19 bits per heavy atom. The van der Waals surface area contributed by atoms with Gasteiger partial charge in [-0.3, -0.25) is 4.79 Å². The molecular weight excluding hydrogens is 298 g/mol.